The van der Waals surface area contributed by atoms with E-state index in [2.05, 4.69) is 6.58 Å². The molecular formula is C11H13F. The standard InChI is InChI=1S/C11H13F/c1-9-3-6-11(7-4-9)8-5-10(2)12/h3-4,6-7H,2,5,8H2,1H3. The summed E-state index contributed by atoms with van der Waals surface area (Å²) in [5, 5.41) is 0. The Labute approximate surface area is 72.7 Å². The van der Waals surface area contributed by atoms with Gasteiger partial charge in [0.1, 0.15) is 0 Å². The fourth-order valence-corrected chi connectivity index (χ4v) is 1.03. The van der Waals surface area contributed by atoms with E-state index in [4.69, 9.17) is 0 Å². The summed E-state index contributed by atoms with van der Waals surface area (Å²) in [4.78, 5) is 0. The lowest BCUT2D eigenvalue weighted by Gasteiger charge is -1.99. The summed E-state index contributed by atoms with van der Waals surface area (Å²) >= 11 is 0. The second kappa shape index (κ2) is 4.05. The Hall–Kier alpha value is -1.11. The summed E-state index contributed by atoms with van der Waals surface area (Å²) < 4.78 is 12.3. The number of hydrogen-bond acceptors (Lipinski definition) is 0. The van der Waals surface area contributed by atoms with Gasteiger partial charge in [-0.25, -0.2) is 4.39 Å². The van der Waals surface area contributed by atoms with Gasteiger partial charge in [0, 0.05) is 6.42 Å². The number of aryl methyl sites for hydroxylation is 2. The largest absolute Gasteiger partial charge is 0.212 e. The van der Waals surface area contributed by atoms with Crippen molar-refractivity contribution in [3.63, 3.8) is 0 Å². The zero-order valence-corrected chi connectivity index (χ0v) is 7.31. The average Bonchev–Trinajstić information content (AvgIpc) is 2.03. The molecule has 0 bridgehead atoms. The monoisotopic (exact) mass is 164 g/mol. The van der Waals surface area contributed by atoms with Crippen LogP contribution in [-0.4, -0.2) is 0 Å². The lowest BCUT2D eigenvalue weighted by Crippen LogP contribution is -1.84. The van der Waals surface area contributed by atoms with Gasteiger partial charge in [-0.1, -0.05) is 36.4 Å². The average molecular weight is 164 g/mol. The number of rotatable bonds is 3. The summed E-state index contributed by atoms with van der Waals surface area (Å²) in [5.74, 6) is -0.240. The van der Waals surface area contributed by atoms with Gasteiger partial charge in [-0.05, 0) is 18.9 Å². The number of hydrogen-bond donors (Lipinski definition) is 0. The van der Waals surface area contributed by atoms with E-state index >= 15 is 0 Å². The summed E-state index contributed by atoms with van der Waals surface area (Å²) in [6.07, 6.45) is 1.18. The second-order valence-corrected chi connectivity index (χ2v) is 3.00. The van der Waals surface area contributed by atoms with Gasteiger partial charge < -0.3 is 0 Å². The topological polar surface area (TPSA) is 0 Å². The lowest BCUT2D eigenvalue weighted by atomic mass is 10.1. The first kappa shape index (κ1) is 8.98. The van der Waals surface area contributed by atoms with E-state index in [0.717, 1.165) is 6.42 Å². The molecule has 1 heteroatoms. The van der Waals surface area contributed by atoms with Gasteiger partial charge in [0.15, 0.2) is 0 Å². The van der Waals surface area contributed by atoms with Crippen LogP contribution in [0.5, 0.6) is 0 Å². The summed E-state index contributed by atoms with van der Waals surface area (Å²) in [5.41, 5.74) is 2.40. The molecule has 0 fully saturated rings. The molecule has 0 radical (unpaired) electrons. The third kappa shape index (κ3) is 2.87. The van der Waals surface area contributed by atoms with Crippen LogP contribution in [-0.2, 0) is 6.42 Å². The van der Waals surface area contributed by atoms with Crippen LogP contribution < -0.4 is 0 Å². The van der Waals surface area contributed by atoms with Crippen molar-refractivity contribution in [3.8, 4) is 0 Å². The summed E-state index contributed by atoms with van der Waals surface area (Å²) in [6, 6.07) is 8.13. The Morgan fingerprint density at radius 2 is 1.92 bits per heavy atom. The second-order valence-electron chi connectivity index (χ2n) is 3.00. The smallest absolute Gasteiger partial charge is 0.0931 e. The Kier molecular flexibility index (Phi) is 3.03. The SMILES string of the molecule is C=C(F)CCc1ccc(C)cc1. The van der Waals surface area contributed by atoms with Crippen LogP contribution in [0.1, 0.15) is 17.5 Å². The highest BCUT2D eigenvalue weighted by Gasteiger charge is 1.94. The first-order valence-corrected chi connectivity index (χ1v) is 4.07. The molecule has 0 spiro atoms. The van der Waals surface area contributed by atoms with Crippen LogP contribution in [0, 0.1) is 6.92 Å². The summed E-state index contributed by atoms with van der Waals surface area (Å²) in [6.45, 7) is 5.26. The van der Waals surface area contributed by atoms with E-state index in [1.165, 1.54) is 11.1 Å². The van der Waals surface area contributed by atoms with Gasteiger partial charge in [0.05, 0.1) is 5.83 Å². The first-order valence-electron chi connectivity index (χ1n) is 4.07. The molecule has 12 heavy (non-hydrogen) atoms. The van der Waals surface area contributed by atoms with Crippen LogP contribution in [0.25, 0.3) is 0 Å². The quantitative estimate of drug-likeness (QED) is 0.642. The summed E-state index contributed by atoms with van der Waals surface area (Å²) in [7, 11) is 0. The fraction of sp³-hybridized carbons (Fsp3) is 0.273. The van der Waals surface area contributed by atoms with Crippen molar-refractivity contribution in [1.29, 1.82) is 0 Å². The number of halogens is 1. The molecule has 0 aliphatic heterocycles. The minimum Gasteiger partial charge on any atom is -0.212 e. The predicted molar refractivity (Wildman–Crippen MR) is 49.7 cm³/mol. The van der Waals surface area contributed by atoms with Crippen LogP contribution in [0.15, 0.2) is 36.7 Å². The molecule has 0 heterocycles. The molecule has 0 unspecified atom stereocenters. The minimum atomic E-state index is -0.240. The first-order chi connectivity index (χ1) is 5.68. The van der Waals surface area contributed by atoms with Crippen molar-refractivity contribution in [2.75, 3.05) is 0 Å². The van der Waals surface area contributed by atoms with E-state index in [1.54, 1.807) is 0 Å². The minimum absolute atomic E-state index is 0.240. The highest BCUT2D eigenvalue weighted by molar-refractivity contribution is 5.21. The van der Waals surface area contributed by atoms with E-state index in [1.807, 2.05) is 31.2 Å². The molecule has 0 N–H and O–H groups in total. The van der Waals surface area contributed by atoms with Gasteiger partial charge in [-0.2, -0.15) is 0 Å². The van der Waals surface area contributed by atoms with E-state index in [0.29, 0.717) is 6.42 Å². The van der Waals surface area contributed by atoms with E-state index in [-0.39, 0.29) is 5.83 Å². The molecule has 0 aromatic heterocycles. The number of benzene rings is 1. The van der Waals surface area contributed by atoms with Gasteiger partial charge in [-0.15, -0.1) is 0 Å². The molecule has 0 amide bonds. The molecule has 1 rings (SSSR count). The molecule has 0 nitrogen and oxygen atoms in total. The highest BCUT2D eigenvalue weighted by Crippen LogP contribution is 2.09. The van der Waals surface area contributed by atoms with Crippen LogP contribution in [0.2, 0.25) is 0 Å². The normalized spacial score (nSPS) is 9.83. The molecule has 0 atom stereocenters. The van der Waals surface area contributed by atoms with Crippen molar-refractivity contribution in [1.82, 2.24) is 0 Å². The van der Waals surface area contributed by atoms with Crippen LogP contribution in [0.3, 0.4) is 0 Å². The van der Waals surface area contributed by atoms with Gasteiger partial charge in [0.25, 0.3) is 0 Å². The Bertz CT molecular complexity index is 259. The molecule has 64 valence electrons. The maximum absolute atomic E-state index is 12.3. The van der Waals surface area contributed by atoms with E-state index in [9.17, 15) is 4.39 Å². The third-order valence-corrected chi connectivity index (χ3v) is 1.81. The third-order valence-electron chi connectivity index (χ3n) is 1.81. The zero-order valence-electron chi connectivity index (χ0n) is 7.31. The Morgan fingerprint density at radius 1 is 1.33 bits per heavy atom. The molecule has 0 saturated heterocycles. The van der Waals surface area contributed by atoms with Gasteiger partial charge >= 0.3 is 0 Å². The van der Waals surface area contributed by atoms with Gasteiger partial charge in [0.2, 0.25) is 0 Å². The van der Waals surface area contributed by atoms with Crippen molar-refractivity contribution >= 4 is 0 Å². The molecule has 0 aliphatic rings. The predicted octanol–water partition coefficient (Wildman–Crippen LogP) is 3.41. The maximum atomic E-state index is 12.3. The van der Waals surface area contributed by atoms with Gasteiger partial charge in [-0.3, -0.25) is 0 Å². The highest BCUT2D eigenvalue weighted by atomic mass is 19.1. The molecule has 1 aromatic rings. The maximum Gasteiger partial charge on any atom is 0.0931 e. The Balaban J connectivity index is 2.53. The zero-order chi connectivity index (χ0) is 8.97. The van der Waals surface area contributed by atoms with Crippen molar-refractivity contribution < 1.29 is 4.39 Å². The lowest BCUT2D eigenvalue weighted by molar-refractivity contribution is 0.593. The van der Waals surface area contributed by atoms with E-state index < -0.39 is 0 Å². The van der Waals surface area contributed by atoms with Crippen molar-refractivity contribution in [2.24, 2.45) is 0 Å². The van der Waals surface area contributed by atoms with Crippen LogP contribution >= 0.6 is 0 Å². The Morgan fingerprint density at radius 3 is 2.42 bits per heavy atom. The number of allylic oxidation sites excluding steroid dienone is 1. The van der Waals surface area contributed by atoms with Crippen molar-refractivity contribution in [2.45, 2.75) is 19.8 Å². The molecule has 0 aliphatic carbocycles. The molecule has 1 aromatic carbocycles. The van der Waals surface area contributed by atoms with Crippen LogP contribution in [0.4, 0.5) is 4.39 Å². The van der Waals surface area contributed by atoms with Crippen molar-refractivity contribution in [3.05, 3.63) is 47.8 Å². The fourth-order valence-electron chi connectivity index (χ4n) is 1.03. The molecular weight excluding hydrogens is 151 g/mol. The molecule has 0 saturated carbocycles.